The van der Waals surface area contributed by atoms with Crippen molar-refractivity contribution >= 4 is 26.8 Å². The van der Waals surface area contributed by atoms with E-state index in [9.17, 15) is 13.2 Å². The number of rotatable bonds is 9. The van der Waals surface area contributed by atoms with Crippen molar-refractivity contribution in [3.63, 3.8) is 0 Å². The topological polar surface area (TPSA) is 71.4 Å². The molecule has 0 aliphatic heterocycles. The third kappa shape index (κ3) is 5.06. The minimum Gasteiger partial charge on any atom is -0.348 e. The minimum atomic E-state index is -3.55. The predicted molar refractivity (Wildman–Crippen MR) is 125 cm³/mol. The molecule has 0 saturated heterocycles. The summed E-state index contributed by atoms with van der Waals surface area (Å²) in [5.41, 5.74) is 2.51. The molecule has 0 spiro atoms. The van der Waals surface area contributed by atoms with E-state index in [-0.39, 0.29) is 16.8 Å². The van der Waals surface area contributed by atoms with Crippen molar-refractivity contribution in [2.24, 2.45) is 0 Å². The summed E-state index contributed by atoms with van der Waals surface area (Å²) in [5, 5.41) is 3.77. The summed E-state index contributed by atoms with van der Waals surface area (Å²) in [5.74, 6) is -0.185. The summed E-state index contributed by atoms with van der Waals surface area (Å²) >= 11 is 0. The van der Waals surface area contributed by atoms with Crippen LogP contribution in [0.15, 0.2) is 72.1 Å². The number of benzene rings is 2. The lowest BCUT2D eigenvalue weighted by Crippen LogP contribution is -2.34. The molecule has 0 fully saturated rings. The molecule has 3 rings (SSSR count). The maximum Gasteiger partial charge on any atom is 0.268 e. The molecule has 1 N–H and O–H groups in total. The number of aromatic nitrogens is 1. The Bertz CT molecular complexity index is 1180. The first-order chi connectivity index (χ1) is 14.7. The van der Waals surface area contributed by atoms with Gasteiger partial charge in [-0.05, 0) is 49.6 Å². The first-order valence-corrected chi connectivity index (χ1v) is 11.7. The number of amides is 1. The first kappa shape index (κ1) is 22.8. The van der Waals surface area contributed by atoms with E-state index in [1.54, 1.807) is 30.3 Å². The summed E-state index contributed by atoms with van der Waals surface area (Å²) in [6, 6.07) is 16.8. The molecule has 0 aliphatic carbocycles. The van der Waals surface area contributed by atoms with E-state index in [0.717, 1.165) is 18.4 Å². The second-order valence-electron chi connectivity index (χ2n) is 7.84. The van der Waals surface area contributed by atoms with Gasteiger partial charge in [-0.2, -0.15) is 0 Å². The van der Waals surface area contributed by atoms with Crippen molar-refractivity contribution in [2.45, 2.75) is 37.2 Å². The molecule has 31 heavy (non-hydrogen) atoms. The van der Waals surface area contributed by atoms with Crippen molar-refractivity contribution < 1.29 is 13.2 Å². The summed E-state index contributed by atoms with van der Waals surface area (Å²) in [6.45, 7) is 6.23. The fourth-order valence-electron chi connectivity index (χ4n) is 3.53. The van der Waals surface area contributed by atoms with Crippen LogP contribution in [-0.2, 0) is 23.0 Å². The van der Waals surface area contributed by atoms with Crippen LogP contribution in [0.4, 0.5) is 0 Å². The van der Waals surface area contributed by atoms with Gasteiger partial charge in [0.25, 0.3) is 5.91 Å². The van der Waals surface area contributed by atoms with Crippen LogP contribution in [0.1, 0.15) is 29.4 Å². The second-order valence-corrected chi connectivity index (χ2v) is 9.99. The van der Waals surface area contributed by atoms with E-state index in [1.807, 2.05) is 29.7 Å². The van der Waals surface area contributed by atoms with Gasteiger partial charge in [0, 0.05) is 37.6 Å². The summed E-state index contributed by atoms with van der Waals surface area (Å²) < 4.78 is 28.0. The largest absolute Gasteiger partial charge is 0.348 e. The molecule has 1 unspecified atom stereocenters. The first-order valence-electron chi connectivity index (χ1n) is 10.3. The Hall–Kier alpha value is -2.90. The molecule has 1 heterocycles. The Morgan fingerprint density at radius 1 is 1.16 bits per heavy atom. The highest BCUT2D eigenvalue weighted by Crippen LogP contribution is 2.25. The molecule has 0 aliphatic rings. The number of nitrogens with zero attached hydrogens (tertiary/aromatic N) is 2. The Morgan fingerprint density at radius 3 is 2.52 bits per heavy atom. The van der Waals surface area contributed by atoms with E-state index in [2.05, 4.69) is 24.0 Å². The molecule has 0 radical (unpaired) electrons. The van der Waals surface area contributed by atoms with Crippen LogP contribution in [0, 0.1) is 0 Å². The van der Waals surface area contributed by atoms with Crippen LogP contribution >= 0.6 is 0 Å². The van der Waals surface area contributed by atoms with Gasteiger partial charge in [-0.15, -0.1) is 6.58 Å². The number of hydrogen-bond acceptors (Lipinski definition) is 3. The number of allylic oxidation sites excluding steroid dienone is 1. The Morgan fingerprint density at radius 2 is 1.87 bits per heavy atom. The van der Waals surface area contributed by atoms with Crippen LogP contribution in [0.25, 0.3) is 10.9 Å². The third-order valence-corrected chi connectivity index (χ3v) is 7.09. The average Bonchev–Trinajstić information content (AvgIpc) is 3.11. The standard InChI is InChI=1S/C24H29N3O3S/c1-5-15-27-22-14-13-21(31(29,30)26(3)4)16-20(22)17-23(27)24(28)25-18(2)11-12-19-9-7-6-8-10-19/h5-10,13-14,16-18H,1,11-12,15H2,2-4H3,(H,25,28). The SMILES string of the molecule is C=CCn1c(C(=O)NC(C)CCc2ccccc2)cc2cc(S(=O)(=O)N(C)C)ccc21. The van der Waals surface area contributed by atoms with Gasteiger partial charge in [0.05, 0.1) is 4.90 Å². The van der Waals surface area contributed by atoms with Crippen molar-refractivity contribution in [2.75, 3.05) is 14.1 Å². The molecule has 0 bridgehead atoms. The second kappa shape index (κ2) is 9.49. The number of sulfonamides is 1. The van der Waals surface area contributed by atoms with Gasteiger partial charge in [0.15, 0.2) is 0 Å². The molecule has 3 aromatic rings. The van der Waals surface area contributed by atoms with Gasteiger partial charge in [-0.25, -0.2) is 12.7 Å². The van der Waals surface area contributed by atoms with E-state index in [0.29, 0.717) is 17.6 Å². The van der Waals surface area contributed by atoms with Crippen LogP contribution in [-0.4, -0.2) is 43.3 Å². The Labute approximate surface area is 184 Å². The Kier molecular flexibility index (Phi) is 6.97. The quantitative estimate of drug-likeness (QED) is 0.515. The van der Waals surface area contributed by atoms with Crippen LogP contribution < -0.4 is 5.32 Å². The van der Waals surface area contributed by atoms with E-state index < -0.39 is 10.0 Å². The molecule has 2 aromatic carbocycles. The highest BCUT2D eigenvalue weighted by molar-refractivity contribution is 7.89. The van der Waals surface area contributed by atoms with Gasteiger partial charge in [0.2, 0.25) is 10.0 Å². The normalized spacial score (nSPS) is 12.8. The Balaban J connectivity index is 1.84. The summed E-state index contributed by atoms with van der Waals surface area (Å²) in [7, 11) is -0.558. The number of hydrogen-bond donors (Lipinski definition) is 1. The van der Waals surface area contributed by atoms with Crippen LogP contribution in [0.5, 0.6) is 0 Å². The van der Waals surface area contributed by atoms with Gasteiger partial charge >= 0.3 is 0 Å². The number of nitrogens with one attached hydrogen (secondary N) is 1. The highest BCUT2D eigenvalue weighted by Gasteiger charge is 2.21. The zero-order valence-electron chi connectivity index (χ0n) is 18.2. The fraction of sp³-hybridized carbons (Fsp3) is 0.292. The van der Waals surface area contributed by atoms with E-state index in [4.69, 9.17) is 0 Å². The summed E-state index contributed by atoms with van der Waals surface area (Å²) in [4.78, 5) is 13.2. The van der Waals surface area contributed by atoms with Crippen LogP contribution in [0.3, 0.4) is 0 Å². The lowest BCUT2D eigenvalue weighted by molar-refractivity contribution is 0.0930. The van der Waals surface area contributed by atoms with Crippen molar-refractivity contribution in [3.05, 3.63) is 78.5 Å². The minimum absolute atomic E-state index is 0.00687. The zero-order chi connectivity index (χ0) is 22.6. The molecule has 0 saturated carbocycles. The lowest BCUT2D eigenvalue weighted by atomic mass is 10.1. The van der Waals surface area contributed by atoms with Gasteiger partial charge < -0.3 is 9.88 Å². The van der Waals surface area contributed by atoms with Crippen LogP contribution in [0.2, 0.25) is 0 Å². The smallest absolute Gasteiger partial charge is 0.268 e. The number of fused-ring (bicyclic) bond motifs is 1. The molecule has 1 aromatic heterocycles. The van der Waals surface area contributed by atoms with Gasteiger partial charge in [-0.3, -0.25) is 4.79 Å². The van der Waals surface area contributed by atoms with Crippen molar-refractivity contribution in [1.29, 1.82) is 0 Å². The monoisotopic (exact) mass is 439 g/mol. The zero-order valence-corrected chi connectivity index (χ0v) is 19.0. The average molecular weight is 440 g/mol. The predicted octanol–water partition coefficient (Wildman–Crippen LogP) is 3.83. The van der Waals surface area contributed by atoms with Crippen molar-refractivity contribution in [3.8, 4) is 0 Å². The fourth-order valence-corrected chi connectivity index (χ4v) is 4.47. The third-order valence-electron chi connectivity index (χ3n) is 5.28. The van der Waals surface area contributed by atoms with E-state index in [1.165, 1.54) is 24.0 Å². The number of carbonyl (C=O) groups excluding carboxylic acids is 1. The molecular formula is C24H29N3O3S. The highest BCUT2D eigenvalue weighted by atomic mass is 32.2. The van der Waals surface area contributed by atoms with Gasteiger partial charge in [-0.1, -0.05) is 36.4 Å². The molecular weight excluding hydrogens is 410 g/mol. The lowest BCUT2D eigenvalue weighted by Gasteiger charge is -2.15. The molecule has 6 nitrogen and oxygen atoms in total. The molecule has 1 atom stereocenters. The maximum absolute atomic E-state index is 13.0. The number of carbonyl (C=O) groups is 1. The molecule has 164 valence electrons. The van der Waals surface area contributed by atoms with E-state index >= 15 is 0 Å². The van der Waals surface area contributed by atoms with Gasteiger partial charge in [0.1, 0.15) is 5.69 Å². The molecule has 7 heteroatoms. The maximum atomic E-state index is 13.0. The van der Waals surface area contributed by atoms with Crippen molar-refractivity contribution in [1.82, 2.24) is 14.2 Å². The summed E-state index contributed by atoms with van der Waals surface area (Å²) in [6.07, 6.45) is 3.42. The number of aryl methyl sites for hydroxylation is 1. The molecule has 1 amide bonds.